The van der Waals surface area contributed by atoms with E-state index in [-0.39, 0.29) is 24.5 Å². The van der Waals surface area contributed by atoms with E-state index in [1.807, 2.05) is 0 Å². The second-order valence-corrected chi connectivity index (χ2v) is 4.15. The van der Waals surface area contributed by atoms with Gasteiger partial charge in [0, 0.05) is 12.2 Å². The van der Waals surface area contributed by atoms with E-state index < -0.39 is 17.8 Å². The number of amides is 1. The normalized spacial score (nSPS) is 19.9. The van der Waals surface area contributed by atoms with Gasteiger partial charge in [-0.1, -0.05) is 0 Å². The Kier molecular flexibility index (Phi) is 3.78. The molecule has 1 heterocycles. The number of nitrogen functional groups attached to an aromatic ring is 1. The zero-order valence-corrected chi connectivity index (χ0v) is 9.80. The lowest BCUT2D eigenvalue weighted by Crippen LogP contribution is -2.50. The van der Waals surface area contributed by atoms with Crippen molar-refractivity contribution in [2.45, 2.75) is 6.04 Å². The van der Waals surface area contributed by atoms with Crippen LogP contribution >= 0.6 is 0 Å². The highest BCUT2D eigenvalue weighted by Crippen LogP contribution is 2.17. The third-order valence-corrected chi connectivity index (χ3v) is 2.92. The van der Waals surface area contributed by atoms with Gasteiger partial charge in [-0.2, -0.15) is 0 Å². The number of anilines is 1. The predicted octanol–water partition coefficient (Wildman–Crippen LogP) is 0.241. The molecule has 3 N–H and O–H groups in total. The van der Waals surface area contributed by atoms with Gasteiger partial charge in [-0.15, -0.1) is 0 Å². The molecule has 1 aromatic rings. The van der Waals surface area contributed by atoms with Gasteiger partial charge in [0.25, 0.3) is 5.91 Å². The van der Waals surface area contributed by atoms with Crippen molar-refractivity contribution in [2.75, 3.05) is 32.1 Å². The average molecular weight is 254 g/mol. The first-order chi connectivity index (χ1) is 8.63. The number of nitrogens with two attached hydrogens (primary N) is 1. The van der Waals surface area contributed by atoms with Crippen LogP contribution in [0.1, 0.15) is 10.4 Å². The standard InChI is InChI=1S/C12H15FN2O3/c13-11-5-8(14)1-2-10(11)12(17)15-3-4-18-7-9(15)6-16/h1-2,5,9,16H,3-4,6-7,14H2. The van der Waals surface area contributed by atoms with Gasteiger partial charge in [-0.25, -0.2) is 4.39 Å². The molecule has 0 saturated carbocycles. The van der Waals surface area contributed by atoms with Crippen molar-refractivity contribution in [3.63, 3.8) is 0 Å². The fourth-order valence-electron chi connectivity index (χ4n) is 1.93. The van der Waals surface area contributed by atoms with Crippen molar-refractivity contribution in [3.8, 4) is 0 Å². The van der Waals surface area contributed by atoms with Crippen LogP contribution in [0.15, 0.2) is 18.2 Å². The molecule has 1 fully saturated rings. The van der Waals surface area contributed by atoms with Crippen molar-refractivity contribution < 1.29 is 19.0 Å². The lowest BCUT2D eigenvalue weighted by atomic mass is 10.1. The molecule has 5 nitrogen and oxygen atoms in total. The zero-order chi connectivity index (χ0) is 13.1. The molecule has 98 valence electrons. The zero-order valence-electron chi connectivity index (χ0n) is 9.80. The second kappa shape index (κ2) is 5.32. The molecule has 0 aromatic heterocycles. The summed E-state index contributed by atoms with van der Waals surface area (Å²) in [6.45, 7) is 0.786. The van der Waals surface area contributed by atoms with Gasteiger partial charge in [-0.05, 0) is 18.2 Å². The van der Waals surface area contributed by atoms with E-state index in [1.165, 1.54) is 17.0 Å². The van der Waals surface area contributed by atoms with Crippen molar-refractivity contribution in [1.29, 1.82) is 0 Å². The quantitative estimate of drug-likeness (QED) is 0.741. The molecule has 0 aliphatic carbocycles. The van der Waals surface area contributed by atoms with Gasteiger partial charge < -0.3 is 20.5 Å². The summed E-state index contributed by atoms with van der Waals surface area (Å²) in [5.41, 5.74) is 5.67. The minimum absolute atomic E-state index is 0.0375. The average Bonchev–Trinajstić information content (AvgIpc) is 2.38. The highest BCUT2D eigenvalue weighted by Gasteiger charge is 2.28. The number of hydrogen-bond donors (Lipinski definition) is 2. The van der Waals surface area contributed by atoms with Gasteiger partial charge >= 0.3 is 0 Å². The van der Waals surface area contributed by atoms with Gasteiger partial charge in [0.15, 0.2) is 0 Å². The first kappa shape index (κ1) is 12.8. The lowest BCUT2D eigenvalue weighted by molar-refractivity contribution is -0.0185. The third kappa shape index (κ3) is 2.44. The van der Waals surface area contributed by atoms with Gasteiger partial charge in [0.1, 0.15) is 5.82 Å². The van der Waals surface area contributed by atoms with Crippen LogP contribution in [-0.4, -0.2) is 48.3 Å². The molecule has 0 spiro atoms. The first-order valence-corrected chi connectivity index (χ1v) is 5.68. The molecule has 0 radical (unpaired) electrons. The maximum absolute atomic E-state index is 13.7. The Morgan fingerprint density at radius 2 is 2.39 bits per heavy atom. The van der Waals surface area contributed by atoms with E-state index in [1.54, 1.807) is 0 Å². The maximum atomic E-state index is 13.7. The van der Waals surface area contributed by atoms with Gasteiger partial charge in [0.05, 0.1) is 31.4 Å². The van der Waals surface area contributed by atoms with Crippen molar-refractivity contribution >= 4 is 11.6 Å². The highest BCUT2D eigenvalue weighted by atomic mass is 19.1. The number of benzene rings is 1. The Balaban J connectivity index is 2.24. The van der Waals surface area contributed by atoms with Crippen molar-refractivity contribution in [2.24, 2.45) is 0 Å². The van der Waals surface area contributed by atoms with E-state index in [4.69, 9.17) is 10.5 Å². The molecule has 1 unspecified atom stereocenters. The summed E-state index contributed by atoms with van der Waals surface area (Å²) in [6, 6.07) is 3.52. The fourth-order valence-corrected chi connectivity index (χ4v) is 1.93. The summed E-state index contributed by atoms with van der Waals surface area (Å²) in [5.74, 6) is -1.10. The lowest BCUT2D eigenvalue weighted by Gasteiger charge is -2.34. The van der Waals surface area contributed by atoms with E-state index in [2.05, 4.69) is 0 Å². The molecule has 1 saturated heterocycles. The summed E-state index contributed by atoms with van der Waals surface area (Å²) in [6.07, 6.45) is 0. The number of carbonyl (C=O) groups excluding carboxylic acids is 1. The largest absolute Gasteiger partial charge is 0.399 e. The van der Waals surface area contributed by atoms with Crippen LogP contribution in [0.25, 0.3) is 0 Å². The number of aliphatic hydroxyl groups is 1. The minimum Gasteiger partial charge on any atom is -0.399 e. The number of halogens is 1. The molecule has 1 atom stereocenters. The van der Waals surface area contributed by atoms with E-state index in [0.29, 0.717) is 13.2 Å². The van der Waals surface area contributed by atoms with Gasteiger partial charge in [0.2, 0.25) is 0 Å². The topological polar surface area (TPSA) is 75.8 Å². The molecule has 1 aromatic carbocycles. The maximum Gasteiger partial charge on any atom is 0.257 e. The molecule has 6 heteroatoms. The summed E-state index contributed by atoms with van der Waals surface area (Å²) >= 11 is 0. The van der Waals surface area contributed by atoms with E-state index >= 15 is 0 Å². The van der Waals surface area contributed by atoms with Gasteiger partial charge in [-0.3, -0.25) is 4.79 Å². The van der Waals surface area contributed by atoms with Crippen LogP contribution in [0.4, 0.5) is 10.1 Å². The SMILES string of the molecule is Nc1ccc(C(=O)N2CCOCC2CO)c(F)c1. The Bertz CT molecular complexity index is 453. The molecule has 0 bridgehead atoms. The second-order valence-electron chi connectivity index (χ2n) is 4.15. The molecular weight excluding hydrogens is 239 g/mol. The summed E-state index contributed by atoms with van der Waals surface area (Å²) in [5, 5.41) is 9.18. The summed E-state index contributed by atoms with van der Waals surface area (Å²) in [7, 11) is 0. The van der Waals surface area contributed by atoms with E-state index in [9.17, 15) is 14.3 Å². The molecule has 1 aliphatic heterocycles. The smallest absolute Gasteiger partial charge is 0.257 e. The number of hydrogen-bond acceptors (Lipinski definition) is 4. The van der Waals surface area contributed by atoms with Crippen LogP contribution in [0.2, 0.25) is 0 Å². The number of nitrogens with zero attached hydrogens (tertiary/aromatic N) is 1. The van der Waals surface area contributed by atoms with Crippen LogP contribution in [0.5, 0.6) is 0 Å². The van der Waals surface area contributed by atoms with E-state index in [0.717, 1.165) is 6.07 Å². The number of carbonyl (C=O) groups is 1. The molecule has 18 heavy (non-hydrogen) atoms. The summed E-state index contributed by atoms with van der Waals surface area (Å²) < 4.78 is 18.8. The number of morpholine rings is 1. The minimum atomic E-state index is -0.650. The predicted molar refractivity (Wildman–Crippen MR) is 63.5 cm³/mol. The Morgan fingerprint density at radius 3 is 3.06 bits per heavy atom. The number of ether oxygens (including phenoxy) is 1. The van der Waals surface area contributed by atoms with Crippen LogP contribution in [0, 0.1) is 5.82 Å². The van der Waals surface area contributed by atoms with Crippen LogP contribution < -0.4 is 5.73 Å². The number of rotatable bonds is 2. The third-order valence-electron chi connectivity index (χ3n) is 2.92. The number of aliphatic hydroxyl groups excluding tert-OH is 1. The van der Waals surface area contributed by atoms with Crippen LogP contribution in [-0.2, 0) is 4.74 Å². The summed E-state index contributed by atoms with van der Waals surface area (Å²) in [4.78, 5) is 13.6. The Labute approximate surface area is 104 Å². The Hall–Kier alpha value is -1.66. The Morgan fingerprint density at radius 1 is 1.61 bits per heavy atom. The fraction of sp³-hybridized carbons (Fsp3) is 0.417. The van der Waals surface area contributed by atoms with Crippen molar-refractivity contribution in [3.05, 3.63) is 29.6 Å². The van der Waals surface area contributed by atoms with Crippen molar-refractivity contribution in [1.82, 2.24) is 4.90 Å². The highest BCUT2D eigenvalue weighted by molar-refractivity contribution is 5.95. The molecule has 1 amide bonds. The monoisotopic (exact) mass is 254 g/mol. The molecule has 1 aliphatic rings. The first-order valence-electron chi connectivity index (χ1n) is 5.68. The molecular formula is C12H15FN2O3. The molecule has 2 rings (SSSR count). The van der Waals surface area contributed by atoms with Crippen LogP contribution in [0.3, 0.4) is 0 Å².